The van der Waals surface area contributed by atoms with Gasteiger partial charge in [-0.25, -0.2) is 0 Å². The van der Waals surface area contributed by atoms with Crippen molar-refractivity contribution in [1.82, 2.24) is 0 Å². The Balaban J connectivity index is 3.58. The molecule has 0 N–H and O–H groups in total. The summed E-state index contributed by atoms with van der Waals surface area (Å²) in [6, 6.07) is 0. The Labute approximate surface area is 57.1 Å². The zero-order valence-electron chi connectivity index (χ0n) is 6.32. The summed E-state index contributed by atoms with van der Waals surface area (Å²) in [7, 11) is 0. The van der Waals surface area contributed by atoms with Gasteiger partial charge in [0.25, 0.3) is 0 Å². The molecule has 0 aliphatic heterocycles. The molecule has 0 radical (unpaired) electrons. The van der Waals surface area contributed by atoms with Crippen molar-refractivity contribution in [2.75, 3.05) is 6.26 Å². The molecule has 0 aromatic heterocycles. The van der Waals surface area contributed by atoms with Gasteiger partial charge in [-0.15, -0.1) is 0 Å². The quantitative estimate of drug-likeness (QED) is 0.569. The average Bonchev–Trinajstić information content (AvgIpc) is 1.87. The van der Waals surface area contributed by atoms with Gasteiger partial charge in [0.2, 0.25) is 0 Å². The summed E-state index contributed by atoms with van der Waals surface area (Å²) in [5.41, 5.74) is 0. The second-order valence-electron chi connectivity index (χ2n) is 2.36. The molecule has 0 aromatic carbocycles. The first-order valence-electron chi connectivity index (χ1n) is 3.23. The van der Waals surface area contributed by atoms with Gasteiger partial charge in [0, 0.05) is 4.75 Å². The smallest absolute Gasteiger partial charge is 0.0123 e. The van der Waals surface area contributed by atoms with E-state index in [4.69, 9.17) is 0 Å². The Kier molecular flexibility index (Phi) is 3.54. The highest BCUT2D eigenvalue weighted by atomic mass is 32.2. The molecule has 0 fully saturated rings. The summed E-state index contributed by atoms with van der Waals surface area (Å²) >= 11 is 1.97. The summed E-state index contributed by atoms with van der Waals surface area (Å²) in [6.45, 7) is 6.82. The van der Waals surface area contributed by atoms with Gasteiger partial charge in [0.05, 0.1) is 0 Å². The van der Waals surface area contributed by atoms with E-state index >= 15 is 0 Å². The van der Waals surface area contributed by atoms with E-state index in [-0.39, 0.29) is 0 Å². The first-order chi connectivity index (χ1) is 3.68. The van der Waals surface area contributed by atoms with Crippen LogP contribution in [-0.2, 0) is 0 Å². The van der Waals surface area contributed by atoms with E-state index in [1.807, 2.05) is 11.8 Å². The molecule has 0 bridgehead atoms. The molecular weight excluding hydrogens is 116 g/mol. The van der Waals surface area contributed by atoms with Crippen molar-refractivity contribution in [2.24, 2.45) is 0 Å². The zero-order valence-corrected chi connectivity index (χ0v) is 7.14. The van der Waals surface area contributed by atoms with Crippen LogP contribution >= 0.6 is 11.8 Å². The van der Waals surface area contributed by atoms with Crippen LogP contribution in [0.3, 0.4) is 0 Å². The van der Waals surface area contributed by atoms with Crippen LogP contribution in [0.15, 0.2) is 0 Å². The third-order valence-corrected chi connectivity index (χ3v) is 3.55. The molecular formula is C7H16S. The van der Waals surface area contributed by atoms with Gasteiger partial charge in [0.1, 0.15) is 0 Å². The molecule has 0 spiro atoms. The standard InChI is InChI=1S/C7H16S/c1-5-7(3,6-2)8-4/h5-6H2,1-4H3. The van der Waals surface area contributed by atoms with Crippen molar-refractivity contribution in [2.45, 2.75) is 38.4 Å². The molecule has 0 rings (SSSR count). The van der Waals surface area contributed by atoms with Gasteiger partial charge in [-0.2, -0.15) is 11.8 Å². The molecule has 1 heteroatoms. The summed E-state index contributed by atoms with van der Waals surface area (Å²) in [4.78, 5) is 0. The van der Waals surface area contributed by atoms with Crippen molar-refractivity contribution < 1.29 is 0 Å². The minimum atomic E-state index is 0.542. The van der Waals surface area contributed by atoms with E-state index in [1.54, 1.807) is 0 Å². The Bertz CT molecular complexity index is 47.1. The molecule has 0 aliphatic rings. The summed E-state index contributed by atoms with van der Waals surface area (Å²) < 4.78 is 0.542. The van der Waals surface area contributed by atoms with Crippen molar-refractivity contribution in [3.05, 3.63) is 0 Å². The second-order valence-corrected chi connectivity index (χ2v) is 3.75. The Morgan fingerprint density at radius 1 is 1.25 bits per heavy atom. The van der Waals surface area contributed by atoms with E-state index in [1.165, 1.54) is 12.8 Å². The summed E-state index contributed by atoms with van der Waals surface area (Å²) in [5.74, 6) is 0. The predicted molar refractivity (Wildman–Crippen MR) is 42.5 cm³/mol. The van der Waals surface area contributed by atoms with Gasteiger partial charge in [-0.05, 0) is 19.1 Å². The Hall–Kier alpha value is 0.350. The van der Waals surface area contributed by atoms with E-state index in [0.717, 1.165) is 0 Å². The van der Waals surface area contributed by atoms with Gasteiger partial charge in [-0.1, -0.05) is 20.8 Å². The highest BCUT2D eigenvalue weighted by molar-refractivity contribution is 7.99. The van der Waals surface area contributed by atoms with Crippen LogP contribution in [0.25, 0.3) is 0 Å². The van der Waals surface area contributed by atoms with Crippen LogP contribution in [0.1, 0.15) is 33.6 Å². The van der Waals surface area contributed by atoms with Gasteiger partial charge in [-0.3, -0.25) is 0 Å². The molecule has 0 nitrogen and oxygen atoms in total. The minimum Gasteiger partial charge on any atom is -0.159 e. The zero-order chi connectivity index (χ0) is 6.62. The molecule has 0 heterocycles. The van der Waals surface area contributed by atoms with E-state index in [2.05, 4.69) is 27.0 Å². The Morgan fingerprint density at radius 2 is 1.62 bits per heavy atom. The van der Waals surface area contributed by atoms with Crippen LogP contribution in [0.4, 0.5) is 0 Å². The predicted octanol–water partition coefficient (Wildman–Crippen LogP) is 2.93. The molecule has 0 aromatic rings. The average molecular weight is 132 g/mol. The summed E-state index contributed by atoms with van der Waals surface area (Å²) in [6.07, 6.45) is 4.75. The molecule has 0 saturated carbocycles. The topological polar surface area (TPSA) is 0 Å². The molecule has 0 amide bonds. The lowest BCUT2D eigenvalue weighted by atomic mass is 10.1. The van der Waals surface area contributed by atoms with E-state index in [0.29, 0.717) is 4.75 Å². The first-order valence-corrected chi connectivity index (χ1v) is 4.46. The Morgan fingerprint density at radius 3 is 1.62 bits per heavy atom. The van der Waals surface area contributed by atoms with Gasteiger partial charge in [0.15, 0.2) is 0 Å². The molecule has 0 unspecified atom stereocenters. The lowest BCUT2D eigenvalue weighted by Gasteiger charge is -2.23. The number of hydrogen-bond acceptors (Lipinski definition) is 1. The second kappa shape index (κ2) is 3.39. The lowest BCUT2D eigenvalue weighted by molar-refractivity contribution is 0.601. The largest absolute Gasteiger partial charge is 0.159 e. The van der Waals surface area contributed by atoms with Crippen LogP contribution in [-0.4, -0.2) is 11.0 Å². The SMILES string of the molecule is CCC(C)(CC)SC. The van der Waals surface area contributed by atoms with Crippen LogP contribution in [0.5, 0.6) is 0 Å². The van der Waals surface area contributed by atoms with Crippen molar-refractivity contribution >= 4 is 11.8 Å². The number of rotatable bonds is 3. The molecule has 0 aliphatic carbocycles. The third kappa shape index (κ3) is 2.08. The van der Waals surface area contributed by atoms with Crippen LogP contribution in [0, 0.1) is 0 Å². The maximum Gasteiger partial charge on any atom is 0.0123 e. The monoisotopic (exact) mass is 132 g/mol. The molecule has 8 heavy (non-hydrogen) atoms. The van der Waals surface area contributed by atoms with Crippen LogP contribution in [0.2, 0.25) is 0 Å². The fraction of sp³-hybridized carbons (Fsp3) is 1.00. The van der Waals surface area contributed by atoms with Crippen molar-refractivity contribution in [1.29, 1.82) is 0 Å². The van der Waals surface area contributed by atoms with E-state index in [9.17, 15) is 0 Å². The van der Waals surface area contributed by atoms with Crippen LogP contribution < -0.4 is 0 Å². The lowest BCUT2D eigenvalue weighted by Crippen LogP contribution is -2.15. The maximum atomic E-state index is 2.32. The van der Waals surface area contributed by atoms with Crippen molar-refractivity contribution in [3.8, 4) is 0 Å². The maximum absolute atomic E-state index is 2.32. The normalized spacial score (nSPS) is 12.0. The highest BCUT2D eigenvalue weighted by Gasteiger charge is 2.16. The van der Waals surface area contributed by atoms with Crippen molar-refractivity contribution in [3.63, 3.8) is 0 Å². The highest BCUT2D eigenvalue weighted by Crippen LogP contribution is 2.28. The molecule has 0 saturated heterocycles. The van der Waals surface area contributed by atoms with E-state index < -0.39 is 0 Å². The van der Waals surface area contributed by atoms with Gasteiger partial charge >= 0.3 is 0 Å². The fourth-order valence-electron chi connectivity index (χ4n) is 0.539. The fourth-order valence-corrected chi connectivity index (χ4v) is 1.12. The summed E-state index contributed by atoms with van der Waals surface area (Å²) in [5, 5.41) is 0. The molecule has 50 valence electrons. The minimum absolute atomic E-state index is 0.542. The van der Waals surface area contributed by atoms with Gasteiger partial charge < -0.3 is 0 Å². The first kappa shape index (κ1) is 8.35. The molecule has 0 atom stereocenters. The number of hydrogen-bond donors (Lipinski definition) is 0. The number of thioether (sulfide) groups is 1. The third-order valence-electron chi connectivity index (χ3n) is 1.99.